The van der Waals surface area contributed by atoms with Crippen molar-refractivity contribution in [1.29, 1.82) is 0 Å². The Hall–Kier alpha value is -3.47. The fourth-order valence-electron chi connectivity index (χ4n) is 3.49. The average Bonchev–Trinajstić information content (AvgIpc) is 2.81. The van der Waals surface area contributed by atoms with Crippen molar-refractivity contribution in [2.75, 3.05) is 0 Å². The standard InChI is InChI=1S/C25H39N5O6/c1-5-15(4)21(27)24(34)29-18(13-20(26)31)23(33)28-17(12-16-9-7-6-8-10-16)22(32)30-19(25(35)36)11-14(2)3/h6-10,14-15,17-19,21H,5,11-13,27H2,1-4H3,(H2,26,31)(H,28,33)(H,29,34)(H,30,32)(H,35,36). The molecular weight excluding hydrogens is 466 g/mol. The van der Waals surface area contributed by atoms with E-state index in [9.17, 15) is 29.1 Å². The van der Waals surface area contributed by atoms with Gasteiger partial charge in [-0.2, -0.15) is 0 Å². The molecule has 36 heavy (non-hydrogen) atoms. The second-order valence-electron chi connectivity index (χ2n) is 9.42. The molecule has 8 N–H and O–H groups in total. The van der Waals surface area contributed by atoms with Crippen LogP contribution in [-0.4, -0.2) is 58.9 Å². The van der Waals surface area contributed by atoms with E-state index in [4.69, 9.17) is 11.5 Å². The molecule has 0 aliphatic rings. The van der Waals surface area contributed by atoms with Crippen molar-refractivity contribution in [2.24, 2.45) is 23.3 Å². The molecule has 11 heteroatoms. The lowest BCUT2D eigenvalue weighted by Gasteiger charge is -2.26. The zero-order valence-corrected chi connectivity index (χ0v) is 21.3. The summed E-state index contributed by atoms with van der Waals surface area (Å²) in [7, 11) is 0. The number of carboxylic acid groups (broad SMARTS) is 1. The highest BCUT2D eigenvalue weighted by Crippen LogP contribution is 2.09. The van der Waals surface area contributed by atoms with E-state index in [1.165, 1.54) is 0 Å². The second-order valence-corrected chi connectivity index (χ2v) is 9.42. The lowest BCUT2D eigenvalue weighted by atomic mass is 9.98. The van der Waals surface area contributed by atoms with Crippen LogP contribution in [0.25, 0.3) is 0 Å². The number of primary amides is 1. The molecule has 0 aliphatic carbocycles. The van der Waals surface area contributed by atoms with Crippen molar-refractivity contribution in [1.82, 2.24) is 16.0 Å². The first-order valence-corrected chi connectivity index (χ1v) is 12.1. The number of amides is 4. The molecule has 11 nitrogen and oxygen atoms in total. The van der Waals surface area contributed by atoms with Gasteiger partial charge in [0.25, 0.3) is 0 Å². The summed E-state index contributed by atoms with van der Waals surface area (Å²) in [4.78, 5) is 62.0. The van der Waals surface area contributed by atoms with E-state index >= 15 is 0 Å². The molecular formula is C25H39N5O6. The van der Waals surface area contributed by atoms with Crippen LogP contribution in [0, 0.1) is 11.8 Å². The summed E-state index contributed by atoms with van der Waals surface area (Å²) in [5, 5.41) is 17.0. The third kappa shape index (κ3) is 10.4. The van der Waals surface area contributed by atoms with Gasteiger partial charge in [-0.3, -0.25) is 19.2 Å². The van der Waals surface area contributed by atoms with Gasteiger partial charge in [-0.1, -0.05) is 64.4 Å². The van der Waals surface area contributed by atoms with E-state index in [1.807, 2.05) is 20.8 Å². The van der Waals surface area contributed by atoms with Crippen LogP contribution < -0.4 is 27.4 Å². The predicted octanol–water partition coefficient (Wildman–Crippen LogP) is 0.0630. The van der Waals surface area contributed by atoms with Gasteiger partial charge in [-0.15, -0.1) is 0 Å². The average molecular weight is 506 g/mol. The molecule has 0 fully saturated rings. The summed E-state index contributed by atoms with van der Waals surface area (Å²) in [6.45, 7) is 7.30. The Kier molecular flexibility index (Phi) is 12.6. The van der Waals surface area contributed by atoms with Gasteiger partial charge in [-0.25, -0.2) is 4.79 Å². The zero-order chi connectivity index (χ0) is 27.4. The van der Waals surface area contributed by atoms with Crippen LogP contribution >= 0.6 is 0 Å². The Bertz CT molecular complexity index is 907. The number of carbonyl (C=O) groups excluding carboxylic acids is 4. The van der Waals surface area contributed by atoms with Crippen molar-refractivity contribution in [3.05, 3.63) is 35.9 Å². The van der Waals surface area contributed by atoms with Crippen molar-refractivity contribution in [3.63, 3.8) is 0 Å². The lowest BCUT2D eigenvalue weighted by Crippen LogP contribution is -2.58. The topological polar surface area (TPSA) is 194 Å². The van der Waals surface area contributed by atoms with Gasteiger partial charge < -0.3 is 32.5 Å². The quantitative estimate of drug-likeness (QED) is 0.194. The second kappa shape index (κ2) is 14.8. The van der Waals surface area contributed by atoms with Crippen LogP contribution in [0.2, 0.25) is 0 Å². The van der Waals surface area contributed by atoms with Gasteiger partial charge in [0.2, 0.25) is 23.6 Å². The van der Waals surface area contributed by atoms with Crippen LogP contribution in [-0.2, 0) is 30.4 Å². The Morgan fingerprint density at radius 2 is 1.39 bits per heavy atom. The van der Waals surface area contributed by atoms with Gasteiger partial charge in [0.1, 0.15) is 18.1 Å². The zero-order valence-electron chi connectivity index (χ0n) is 21.3. The smallest absolute Gasteiger partial charge is 0.326 e. The van der Waals surface area contributed by atoms with E-state index in [0.717, 1.165) is 0 Å². The molecule has 5 unspecified atom stereocenters. The highest BCUT2D eigenvalue weighted by atomic mass is 16.4. The number of nitrogens with two attached hydrogens (primary N) is 2. The summed E-state index contributed by atoms with van der Waals surface area (Å²) in [6.07, 6.45) is 0.369. The molecule has 5 atom stereocenters. The molecule has 4 amide bonds. The maximum Gasteiger partial charge on any atom is 0.326 e. The van der Waals surface area contributed by atoms with Gasteiger partial charge in [-0.05, 0) is 23.8 Å². The lowest BCUT2D eigenvalue weighted by molar-refractivity contribution is -0.143. The molecule has 0 aromatic heterocycles. The Balaban J connectivity index is 3.14. The van der Waals surface area contributed by atoms with Gasteiger partial charge in [0.05, 0.1) is 12.5 Å². The third-order valence-electron chi connectivity index (χ3n) is 5.84. The first-order valence-electron chi connectivity index (χ1n) is 12.1. The number of benzene rings is 1. The minimum Gasteiger partial charge on any atom is -0.480 e. The number of rotatable bonds is 15. The first-order chi connectivity index (χ1) is 16.8. The number of carboxylic acids is 1. The highest BCUT2D eigenvalue weighted by Gasteiger charge is 2.32. The van der Waals surface area contributed by atoms with Crippen LogP contribution in [0.3, 0.4) is 0 Å². The molecule has 0 saturated heterocycles. The van der Waals surface area contributed by atoms with Crippen molar-refractivity contribution in [3.8, 4) is 0 Å². The van der Waals surface area contributed by atoms with E-state index in [1.54, 1.807) is 37.3 Å². The van der Waals surface area contributed by atoms with E-state index in [2.05, 4.69) is 16.0 Å². The van der Waals surface area contributed by atoms with Crippen molar-refractivity contribution in [2.45, 2.75) is 77.5 Å². The summed E-state index contributed by atoms with van der Waals surface area (Å²) in [5.74, 6) is -4.35. The number of nitrogens with one attached hydrogen (secondary N) is 3. The maximum atomic E-state index is 13.1. The van der Waals surface area contributed by atoms with Crippen LogP contribution in [0.15, 0.2) is 30.3 Å². The number of hydrogen-bond donors (Lipinski definition) is 6. The summed E-state index contributed by atoms with van der Waals surface area (Å²) in [6, 6.07) is 4.22. The molecule has 0 spiro atoms. The normalized spacial score (nSPS) is 15.2. The molecule has 0 heterocycles. The molecule has 1 aromatic carbocycles. The third-order valence-corrected chi connectivity index (χ3v) is 5.84. The minimum absolute atomic E-state index is 0.00144. The predicted molar refractivity (Wildman–Crippen MR) is 134 cm³/mol. The van der Waals surface area contributed by atoms with Crippen molar-refractivity contribution >= 4 is 29.6 Å². The van der Waals surface area contributed by atoms with Gasteiger partial charge >= 0.3 is 5.97 Å². The van der Waals surface area contributed by atoms with Crippen LogP contribution in [0.1, 0.15) is 52.5 Å². The number of aliphatic carboxylic acids is 1. The Morgan fingerprint density at radius 3 is 1.89 bits per heavy atom. The molecule has 0 radical (unpaired) electrons. The summed E-state index contributed by atoms with van der Waals surface area (Å²) in [5.41, 5.74) is 11.9. The molecule has 0 saturated carbocycles. The molecule has 0 aliphatic heterocycles. The summed E-state index contributed by atoms with van der Waals surface area (Å²) < 4.78 is 0. The van der Waals surface area contributed by atoms with E-state index < -0.39 is 60.2 Å². The van der Waals surface area contributed by atoms with Crippen molar-refractivity contribution < 1.29 is 29.1 Å². The molecule has 1 rings (SSSR count). The van der Waals surface area contributed by atoms with E-state index in [-0.39, 0.29) is 24.7 Å². The number of hydrogen-bond acceptors (Lipinski definition) is 6. The maximum absolute atomic E-state index is 13.1. The highest BCUT2D eigenvalue weighted by molar-refractivity contribution is 5.96. The molecule has 200 valence electrons. The number of carbonyl (C=O) groups is 5. The molecule has 0 bridgehead atoms. The Morgan fingerprint density at radius 1 is 0.861 bits per heavy atom. The fourth-order valence-corrected chi connectivity index (χ4v) is 3.49. The minimum atomic E-state index is -1.36. The van der Waals surface area contributed by atoms with Crippen LogP contribution in [0.4, 0.5) is 0 Å². The van der Waals surface area contributed by atoms with E-state index in [0.29, 0.717) is 12.0 Å². The van der Waals surface area contributed by atoms with Crippen LogP contribution in [0.5, 0.6) is 0 Å². The largest absolute Gasteiger partial charge is 0.480 e. The first kappa shape index (κ1) is 30.6. The SMILES string of the molecule is CCC(C)C(N)C(=O)NC(CC(N)=O)C(=O)NC(Cc1ccccc1)C(=O)NC(CC(C)C)C(=O)O. The van der Waals surface area contributed by atoms with Gasteiger partial charge in [0.15, 0.2) is 0 Å². The fraction of sp³-hybridized carbons (Fsp3) is 0.560. The van der Waals surface area contributed by atoms with Gasteiger partial charge in [0, 0.05) is 6.42 Å². The Labute approximate surface area is 211 Å². The monoisotopic (exact) mass is 505 g/mol. The summed E-state index contributed by atoms with van der Waals surface area (Å²) >= 11 is 0. The molecule has 1 aromatic rings.